The zero-order valence-corrected chi connectivity index (χ0v) is 11.5. The van der Waals surface area contributed by atoms with Gasteiger partial charge >= 0.3 is 0 Å². The highest BCUT2D eigenvalue weighted by atomic mass is 35.5. The fourth-order valence-corrected chi connectivity index (χ4v) is 2.26. The van der Waals surface area contributed by atoms with Crippen molar-refractivity contribution in [3.63, 3.8) is 0 Å². The number of aliphatic hydroxyl groups is 1. The molecule has 1 unspecified atom stereocenters. The Hall–Kier alpha value is -1.38. The van der Waals surface area contributed by atoms with Crippen LogP contribution >= 0.6 is 11.6 Å². The molecule has 0 amide bonds. The molecule has 0 aliphatic heterocycles. The van der Waals surface area contributed by atoms with E-state index in [4.69, 9.17) is 11.6 Å². The van der Waals surface area contributed by atoms with E-state index in [0.717, 1.165) is 11.1 Å². The van der Waals surface area contributed by atoms with E-state index < -0.39 is 6.10 Å². The van der Waals surface area contributed by atoms with E-state index in [2.05, 4.69) is 0 Å². The molecular weight excluding hydrogens is 263 g/mol. The average Bonchev–Trinajstić information content (AvgIpc) is 2.36. The van der Waals surface area contributed by atoms with Gasteiger partial charge in [-0.3, -0.25) is 0 Å². The van der Waals surface area contributed by atoms with Crippen LogP contribution in [0.5, 0.6) is 0 Å². The lowest BCUT2D eigenvalue weighted by Gasteiger charge is -2.13. The number of aliphatic hydroxyl groups excluding tert-OH is 1. The molecule has 0 saturated carbocycles. The molecule has 1 nitrogen and oxygen atoms in total. The predicted molar refractivity (Wildman–Crippen MR) is 76.0 cm³/mol. The van der Waals surface area contributed by atoms with Crippen molar-refractivity contribution in [2.24, 2.45) is 0 Å². The molecule has 19 heavy (non-hydrogen) atoms. The van der Waals surface area contributed by atoms with Crippen LogP contribution in [0.15, 0.2) is 42.5 Å². The lowest BCUT2D eigenvalue weighted by atomic mass is 9.98. The smallest absolute Gasteiger partial charge is 0.127 e. The summed E-state index contributed by atoms with van der Waals surface area (Å²) >= 11 is 5.70. The highest BCUT2D eigenvalue weighted by Gasteiger charge is 2.11. The van der Waals surface area contributed by atoms with Gasteiger partial charge in [0.1, 0.15) is 5.82 Å². The SMILES string of the molecule is Cc1ccccc1CC(O)Cc1ccc(Cl)cc1F. The van der Waals surface area contributed by atoms with Crippen molar-refractivity contribution >= 4 is 11.6 Å². The summed E-state index contributed by atoms with van der Waals surface area (Å²) in [7, 11) is 0. The van der Waals surface area contributed by atoms with Crippen LogP contribution in [0.2, 0.25) is 5.02 Å². The van der Waals surface area contributed by atoms with Gasteiger partial charge in [-0.05, 0) is 42.2 Å². The second-order valence-corrected chi connectivity index (χ2v) is 5.16. The first kappa shape index (κ1) is 14.0. The van der Waals surface area contributed by atoms with Gasteiger partial charge in [0.2, 0.25) is 0 Å². The van der Waals surface area contributed by atoms with E-state index in [1.165, 1.54) is 6.07 Å². The number of halogens is 2. The van der Waals surface area contributed by atoms with Gasteiger partial charge in [0.15, 0.2) is 0 Å². The monoisotopic (exact) mass is 278 g/mol. The summed E-state index contributed by atoms with van der Waals surface area (Å²) < 4.78 is 13.6. The van der Waals surface area contributed by atoms with E-state index in [1.807, 2.05) is 31.2 Å². The minimum absolute atomic E-state index is 0.289. The van der Waals surface area contributed by atoms with Crippen molar-refractivity contribution in [3.8, 4) is 0 Å². The maximum Gasteiger partial charge on any atom is 0.127 e. The van der Waals surface area contributed by atoms with Crippen molar-refractivity contribution < 1.29 is 9.50 Å². The molecule has 0 radical (unpaired) electrons. The number of aryl methyl sites for hydroxylation is 1. The highest BCUT2D eigenvalue weighted by molar-refractivity contribution is 6.30. The lowest BCUT2D eigenvalue weighted by molar-refractivity contribution is 0.174. The summed E-state index contributed by atoms with van der Waals surface area (Å²) in [4.78, 5) is 0. The summed E-state index contributed by atoms with van der Waals surface area (Å²) in [5.74, 6) is -0.365. The second kappa shape index (κ2) is 6.18. The molecule has 1 atom stereocenters. The summed E-state index contributed by atoms with van der Waals surface area (Å²) in [6.07, 6.45) is 0.211. The maximum absolute atomic E-state index is 13.6. The summed E-state index contributed by atoms with van der Waals surface area (Å²) in [6, 6.07) is 12.4. The Kier molecular flexibility index (Phi) is 4.56. The molecule has 2 aromatic rings. The second-order valence-electron chi connectivity index (χ2n) is 4.72. The minimum atomic E-state index is -0.600. The van der Waals surface area contributed by atoms with Crippen LogP contribution in [0.25, 0.3) is 0 Å². The van der Waals surface area contributed by atoms with Crippen molar-refractivity contribution in [1.82, 2.24) is 0 Å². The fraction of sp³-hybridized carbons (Fsp3) is 0.250. The molecular formula is C16H16ClFO. The van der Waals surface area contributed by atoms with Gasteiger partial charge in [0.05, 0.1) is 6.10 Å². The highest BCUT2D eigenvalue weighted by Crippen LogP contribution is 2.18. The minimum Gasteiger partial charge on any atom is -0.392 e. The van der Waals surface area contributed by atoms with Crippen LogP contribution in [0.1, 0.15) is 16.7 Å². The standard InChI is InChI=1S/C16H16ClFO/c1-11-4-2-3-5-12(11)8-15(19)9-13-6-7-14(17)10-16(13)18/h2-7,10,15,19H,8-9H2,1H3. The number of rotatable bonds is 4. The van der Waals surface area contributed by atoms with E-state index in [9.17, 15) is 9.50 Å². The molecule has 0 heterocycles. The molecule has 3 heteroatoms. The Bertz CT molecular complexity index is 568. The fourth-order valence-electron chi connectivity index (χ4n) is 2.11. The first-order chi connectivity index (χ1) is 9.06. The molecule has 2 aromatic carbocycles. The van der Waals surface area contributed by atoms with E-state index in [0.29, 0.717) is 17.0 Å². The first-order valence-corrected chi connectivity index (χ1v) is 6.60. The maximum atomic E-state index is 13.6. The molecule has 100 valence electrons. The zero-order valence-electron chi connectivity index (χ0n) is 10.7. The molecule has 2 rings (SSSR count). The Morgan fingerprint density at radius 3 is 2.47 bits per heavy atom. The third-order valence-electron chi connectivity index (χ3n) is 3.19. The number of benzene rings is 2. The Morgan fingerprint density at radius 1 is 1.11 bits per heavy atom. The Balaban J connectivity index is 2.05. The van der Waals surface area contributed by atoms with E-state index >= 15 is 0 Å². The zero-order chi connectivity index (χ0) is 13.8. The van der Waals surface area contributed by atoms with Crippen LogP contribution < -0.4 is 0 Å². The Morgan fingerprint density at radius 2 is 1.79 bits per heavy atom. The van der Waals surface area contributed by atoms with Crippen molar-refractivity contribution in [1.29, 1.82) is 0 Å². The van der Waals surface area contributed by atoms with Crippen LogP contribution in [-0.2, 0) is 12.8 Å². The van der Waals surface area contributed by atoms with E-state index in [-0.39, 0.29) is 12.2 Å². The van der Waals surface area contributed by atoms with Crippen molar-refractivity contribution in [2.75, 3.05) is 0 Å². The molecule has 0 aliphatic rings. The summed E-state index contributed by atoms with van der Waals surface area (Å²) in [5.41, 5.74) is 2.72. The third-order valence-corrected chi connectivity index (χ3v) is 3.42. The van der Waals surface area contributed by atoms with Crippen molar-refractivity contribution in [2.45, 2.75) is 25.9 Å². The normalized spacial score (nSPS) is 12.4. The molecule has 0 aromatic heterocycles. The van der Waals surface area contributed by atoms with Crippen LogP contribution in [-0.4, -0.2) is 11.2 Å². The van der Waals surface area contributed by atoms with E-state index in [1.54, 1.807) is 12.1 Å². The van der Waals surface area contributed by atoms with Gasteiger partial charge in [-0.2, -0.15) is 0 Å². The van der Waals surface area contributed by atoms with Crippen LogP contribution in [0.4, 0.5) is 4.39 Å². The predicted octanol–water partition coefficient (Wildman–Crippen LogP) is 3.93. The Labute approximate surface area is 117 Å². The quantitative estimate of drug-likeness (QED) is 0.898. The third kappa shape index (κ3) is 3.79. The summed E-state index contributed by atoms with van der Waals surface area (Å²) in [5, 5.41) is 10.4. The van der Waals surface area contributed by atoms with Gasteiger partial charge in [0, 0.05) is 11.4 Å². The van der Waals surface area contributed by atoms with Crippen molar-refractivity contribution in [3.05, 3.63) is 70.0 Å². The number of hydrogen-bond donors (Lipinski definition) is 1. The van der Waals surface area contributed by atoms with Gasteiger partial charge in [-0.15, -0.1) is 0 Å². The van der Waals surface area contributed by atoms with Gasteiger partial charge in [-0.1, -0.05) is 41.9 Å². The molecule has 0 saturated heterocycles. The average molecular weight is 279 g/mol. The first-order valence-electron chi connectivity index (χ1n) is 6.23. The van der Waals surface area contributed by atoms with Gasteiger partial charge in [-0.25, -0.2) is 4.39 Å². The lowest BCUT2D eigenvalue weighted by Crippen LogP contribution is -2.15. The number of hydrogen-bond acceptors (Lipinski definition) is 1. The van der Waals surface area contributed by atoms with Crippen LogP contribution in [0.3, 0.4) is 0 Å². The van der Waals surface area contributed by atoms with Crippen LogP contribution in [0, 0.1) is 12.7 Å². The molecule has 0 spiro atoms. The molecule has 0 bridgehead atoms. The summed E-state index contributed by atoms with van der Waals surface area (Å²) in [6.45, 7) is 2.00. The molecule has 1 N–H and O–H groups in total. The van der Waals surface area contributed by atoms with Gasteiger partial charge < -0.3 is 5.11 Å². The topological polar surface area (TPSA) is 20.2 Å². The molecule has 0 aliphatic carbocycles. The molecule has 0 fully saturated rings. The van der Waals surface area contributed by atoms with Gasteiger partial charge in [0.25, 0.3) is 0 Å². The largest absolute Gasteiger partial charge is 0.392 e.